The molecule has 21 heavy (non-hydrogen) atoms. The third-order valence-electron chi connectivity index (χ3n) is 4.45. The third-order valence-corrected chi connectivity index (χ3v) is 4.45. The standard InChI is InChI=1S/C18H31N3/c1-4-7-18(15-19-5-2)21-12-10-20(11-13-21)17-9-6-8-16(3)14-17/h6,8-9,14,18-19H,4-5,7,10-13,15H2,1-3H3. The molecule has 0 amide bonds. The summed E-state index contributed by atoms with van der Waals surface area (Å²) in [4.78, 5) is 5.21. The highest BCUT2D eigenvalue weighted by atomic mass is 15.3. The molecule has 1 aliphatic heterocycles. The topological polar surface area (TPSA) is 18.5 Å². The zero-order chi connectivity index (χ0) is 15.1. The van der Waals surface area contributed by atoms with Gasteiger partial charge in [-0.15, -0.1) is 0 Å². The fourth-order valence-electron chi connectivity index (χ4n) is 3.23. The fourth-order valence-corrected chi connectivity index (χ4v) is 3.23. The van der Waals surface area contributed by atoms with Crippen molar-refractivity contribution in [1.29, 1.82) is 0 Å². The molecule has 1 saturated heterocycles. The summed E-state index contributed by atoms with van der Waals surface area (Å²) in [5, 5.41) is 3.53. The second-order valence-electron chi connectivity index (χ2n) is 6.11. The summed E-state index contributed by atoms with van der Waals surface area (Å²) in [5.74, 6) is 0. The highest BCUT2D eigenvalue weighted by Gasteiger charge is 2.23. The molecule has 0 bridgehead atoms. The number of nitrogens with one attached hydrogen (secondary N) is 1. The van der Waals surface area contributed by atoms with E-state index in [0.29, 0.717) is 6.04 Å². The molecule has 0 aliphatic carbocycles. The van der Waals surface area contributed by atoms with Gasteiger partial charge >= 0.3 is 0 Å². The van der Waals surface area contributed by atoms with Gasteiger partial charge in [0.1, 0.15) is 0 Å². The third kappa shape index (κ3) is 4.72. The lowest BCUT2D eigenvalue weighted by molar-refractivity contribution is 0.172. The van der Waals surface area contributed by atoms with Crippen molar-refractivity contribution in [1.82, 2.24) is 10.2 Å². The predicted molar refractivity (Wildman–Crippen MR) is 92.2 cm³/mol. The maximum atomic E-state index is 3.53. The van der Waals surface area contributed by atoms with Gasteiger partial charge in [-0.05, 0) is 37.6 Å². The first kappa shape index (κ1) is 16.3. The summed E-state index contributed by atoms with van der Waals surface area (Å²) in [5.41, 5.74) is 2.74. The molecule has 0 saturated carbocycles. The Hall–Kier alpha value is -1.06. The maximum Gasteiger partial charge on any atom is 0.0369 e. The SMILES string of the molecule is CCCC(CNCC)N1CCN(c2cccc(C)c2)CC1. The number of aryl methyl sites for hydroxylation is 1. The highest BCUT2D eigenvalue weighted by Crippen LogP contribution is 2.19. The number of rotatable bonds is 7. The Morgan fingerprint density at radius 1 is 1.14 bits per heavy atom. The van der Waals surface area contributed by atoms with Crippen LogP contribution in [0.15, 0.2) is 24.3 Å². The molecule has 1 aromatic carbocycles. The molecule has 2 rings (SSSR count). The molecular formula is C18H31N3. The van der Waals surface area contributed by atoms with Crippen LogP contribution in [0.4, 0.5) is 5.69 Å². The number of piperazine rings is 1. The monoisotopic (exact) mass is 289 g/mol. The number of hydrogen-bond donors (Lipinski definition) is 1. The van der Waals surface area contributed by atoms with Crippen LogP contribution in [0.1, 0.15) is 32.3 Å². The number of anilines is 1. The Kier molecular flexibility index (Phi) is 6.52. The van der Waals surface area contributed by atoms with Crippen molar-refractivity contribution >= 4 is 5.69 Å². The first-order valence-corrected chi connectivity index (χ1v) is 8.51. The maximum absolute atomic E-state index is 3.53. The van der Waals surface area contributed by atoms with E-state index in [-0.39, 0.29) is 0 Å². The van der Waals surface area contributed by atoms with Crippen LogP contribution in [-0.4, -0.2) is 50.2 Å². The van der Waals surface area contributed by atoms with Crippen molar-refractivity contribution in [2.45, 2.75) is 39.7 Å². The lowest BCUT2D eigenvalue weighted by Gasteiger charge is -2.40. The summed E-state index contributed by atoms with van der Waals surface area (Å²) in [6.07, 6.45) is 2.58. The van der Waals surface area contributed by atoms with Crippen molar-refractivity contribution in [2.24, 2.45) is 0 Å². The average molecular weight is 289 g/mol. The van der Waals surface area contributed by atoms with Gasteiger partial charge in [-0.1, -0.05) is 32.4 Å². The first-order chi connectivity index (χ1) is 10.2. The molecule has 1 unspecified atom stereocenters. The van der Waals surface area contributed by atoms with Gasteiger partial charge in [0.25, 0.3) is 0 Å². The average Bonchev–Trinajstić information content (AvgIpc) is 2.52. The van der Waals surface area contributed by atoms with E-state index in [1.54, 1.807) is 0 Å². The smallest absolute Gasteiger partial charge is 0.0369 e. The summed E-state index contributed by atoms with van der Waals surface area (Å²) in [6, 6.07) is 9.59. The van der Waals surface area contributed by atoms with Gasteiger partial charge in [0.2, 0.25) is 0 Å². The molecule has 0 radical (unpaired) electrons. The highest BCUT2D eigenvalue weighted by molar-refractivity contribution is 5.48. The van der Waals surface area contributed by atoms with Crippen LogP contribution < -0.4 is 10.2 Å². The lowest BCUT2D eigenvalue weighted by atomic mass is 10.1. The van der Waals surface area contributed by atoms with Gasteiger partial charge in [-0.3, -0.25) is 4.90 Å². The van der Waals surface area contributed by atoms with E-state index in [9.17, 15) is 0 Å². The van der Waals surface area contributed by atoms with Crippen LogP contribution in [-0.2, 0) is 0 Å². The Balaban J connectivity index is 1.89. The van der Waals surface area contributed by atoms with Gasteiger partial charge in [0.15, 0.2) is 0 Å². The lowest BCUT2D eigenvalue weighted by Crippen LogP contribution is -2.53. The van der Waals surface area contributed by atoms with E-state index in [2.05, 4.69) is 60.2 Å². The minimum absolute atomic E-state index is 0.703. The van der Waals surface area contributed by atoms with Crippen LogP contribution in [0.25, 0.3) is 0 Å². The first-order valence-electron chi connectivity index (χ1n) is 8.51. The zero-order valence-electron chi connectivity index (χ0n) is 13.9. The molecular weight excluding hydrogens is 258 g/mol. The number of hydrogen-bond acceptors (Lipinski definition) is 3. The largest absolute Gasteiger partial charge is 0.369 e. The molecule has 1 N–H and O–H groups in total. The number of benzene rings is 1. The van der Waals surface area contributed by atoms with E-state index < -0.39 is 0 Å². The van der Waals surface area contributed by atoms with Crippen LogP contribution in [0.5, 0.6) is 0 Å². The Morgan fingerprint density at radius 2 is 1.90 bits per heavy atom. The molecule has 0 aromatic heterocycles. The normalized spacial score (nSPS) is 18.0. The molecule has 118 valence electrons. The molecule has 1 aliphatic rings. The van der Waals surface area contributed by atoms with E-state index in [1.807, 2.05) is 0 Å². The van der Waals surface area contributed by atoms with Crippen molar-refractivity contribution in [2.75, 3.05) is 44.2 Å². The van der Waals surface area contributed by atoms with Crippen LogP contribution >= 0.6 is 0 Å². The molecule has 1 atom stereocenters. The molecule has 1 aromatic rings. The van der Waals surface area contributed by atoms with Gasteiger partial charge in [0.05, 0.1) is 0 Å². The predicted octanol–water partition coefficient (Wildman–Crippen LogP) is 2.90. The Labute approximate surface area is 130 Å². The number of nitrogens with zero attached hydrogens (tertiary/aromatic N) is 2. The van der Waals surface area contributed by atoms with Crippen molar-refractivity contribution in [3.05, 3.63) is 29.8 Å². The van der Waals surface area contributed by atoms with E-state index in [1.165, 1.54) is 37.2 Å². The van der Waals surface area contributed by atoms with E-state index >= 15 is 0 Å². The summed E-state index contributed by atoms with van der Waals surface area (Å²) >= 11 is 0. The minimum Gasteiger partial charge on any atom is -0.369 e. The van der Waals surface area contributed by atoms with Crippen LogP contribution in [0.2, 0.25) is 0 Å². The van der Waals surface area contributed by atoms with Gasteiger partial charge in [-0.2, -0.15) is 0 Å². The Morgan fingerprint density at radius 3 is 2.52 bits per heavy atom. The second-order valence-corrected chi connectivity index (χ2v) is 6.11. The van der Waals surface area contributed by atoms with Crippen LogP contribution in [0.3, 0.4) is 0 Å². The van der Waals surface area contributed by atoms with E-state index in [0.717, 1.165) is 26.2 Å². The van der Waals surface area contributed by atoms with Gasteiger partial charge in [0, 0.05) is 44.5 Å². The summed E-state index contributed by atoms with van der Waals surface area (Å²) in [6.45, 7) is 13.5. The van der Waals surface area contributed by atoms with Crippen molar-refractivity contribution in [3.8, 4) is 0 Å². The minimum atomic E-state index is 0.703. The summed E-state index contributed by atoms with van der Waals surface area (Å²) < 4.78 is 0. The zero-order valence-corrected chi connectivity index (χ0v) is 13.9. The fraction of sp³-hybridized carbons (Fsp3) is 0.667. The van der Waals surface area contributed by atoms with Crippen molar-refractivity contribution < 1.29 is 0 Å². The second kappa shape index (κ2) is 8.40. The van der Waals surface area contributed by atoms with E-state index in [4.69, 9.17) is 0 Å². The van der Waals surface area contributed by atoms with Gasteiger partial charge in [-0.25, -0.2) is 0 Å². The Bertz CT molecular complexity index is 411. The van der Waals surface area contributed by atoms with Crippen LogP contribution in [0, 0.1) is 6.92 Å². The molecule has 1 fully saturated rings. The summed E-state index contributed by atoms with van der Waals surface area (Å²) in [7, 11) is 0. The molecule has 0 spiro atoms. The quantitative estimate of drug-likeness (QED) is 0.832. The molecule has 3 heteroatoms. The molecule has 3 nitrogen and oxygen atoms in total. The number of likely N-dealkylation sites (N-methyl/N-ethyl adjacent to an activating group) is 1. The van der Waals surface area contributed by atoms with Crippen molar-refractivity contribution in [3.63, 3.8) is 0 Å². The molecule has 1 heterocycles. The van der Waals surface area contributed by atoms with Gasteiger partial charge < -0.3 is 10.2 Å².